The van der Waals surface area contributed by atoms with Crippen molar-refractivity contribution < 1.29 is 13.2 Å². The number of carbonyl (C=O) groups is 1. The van der Waals surface area contributed by atoms with Crippen LogP contribution in [0.3, 0.4) is 0 Å². The summed E-state index contributed by atoms with van der Waals surface area (Å²) in [5, 5.41) is 0.261. The molecule has 2 aliphatic heterocycles. The van der Waals surface area contributed by atoms with Crippen molar-refractivity contribution in [1.82, 2.24) is 14.5 Å². The summed E-state index contributed by atoms with van der Waals surface area (Å²) in [6.07, 6.45) is 5.68. The summed E-state index contributed by atoms with van der Waals surface area (Å²) in [5.41, 5.74) is 1.77. The number of likely N-dealkylation sites (tertiary alicyclic amines) is 1. The fraction of sp³-hybridized carbons (Fsp3) is 0.706. The first-order valence-electron chi connectivity index (χ1n) is 9.08. The van der Waals surface area contributed by atoms with Gasteiger partial charge in [0, 0.05) is 37.1 Å². The van der Waals surface area contributed by atoms with Crippen LogP contribution in [0, 0.1) is 0 Å². The van der Waals surface area contributed by atoms with Crippen LogP contribution in [0.15, 0.2) is 9.95 Å². The first-order chi connectivity index (χ1) is 12.3. The predicted molar refractivity (Wildman–Crippen MR) is 99.3 cm³/mol. The van der Waals surface area contributed by atoms with Crippen molar-refractivity contribution in [3.8, 4) is 0 Å². The molecule has 3 heterocycles. The van der Waals surface area contributed by atoms with Crippen molar-refractivity contribution in [3.63, 3.8) is 0 Å². The maximum absolute atomic E-state index is 12.9. The van der Waals surface area contributed by atoms with E-state index < -0.39 is 15.1 Å². The Morgan fingerprint density at radius 1 is 1.31 bits per heavy atom. The number of fused-ring (bicyclic) bond motifs is 2. The van der Waals surface area contributed by atoms with Crippen molar-refractivity contribution in [2.45, 2.75) is 55.0 Å². The van der Waals surface area contributed by atoms with Gasteiger partial charge in [-0.05, 0) is 32.1 Å². The average Bonchev–Trinajstić information content (AvgIpc) is 3.22. The molecule has 26 heavy (non-hydrogen) atoms. The molecule has 3 aliphatic rings. The predicted octanol–water partition coefficient (Wildman–Crippen LogP) is 0.804. The van der Waals surface area contributed by atoms with E-state index in [9.17, 15) is 18.0 Å². The molecule has 0 saturated carbocycles. The highest BCUT2D eigenvalue weighted by atomic mass is 32.2. The van der Waals surface area contributed by atoms with Crippen LogP contribution in [0.4, 0.5) is 0 Å². The number of hydrogen-bond donors (Lipinski definition) is 0. The molecule has 1 aromatic rings. The number of rotatable bonds is 3. The van der Waals surface area contributed by atoms with Crippen LogP contribution in [-0.2, 0) is 27.5 Å². The lowest BCUT2D eigenvalue weighted by Crippen LogP contribution is -2.36. The summed E-state index contributed by atoms with van der Waals surface area (Å²) < 4.78 is 25.1. The average molecular weight is 398 g/mol. The monoisotopic (exact) mass is 397 g/mol. The number of aryl methyl sites for hydroxylation is 1. The zero-order valence-corrected chi connectivity index (χ0v) is 16.4. The second kappa shape index (κ2) is 6.67. The Labute approximate surface area is 157 Å². The van der Waals surface area contributed by atoms with Crippen LogP contribution in [0.1, 0.15) is 43.0 Å². The molecule has 0 radical (unpaired) electrons. The quantitative estimate of drug-likeness (QED) is 0.701. The standard InChI is InChI=1S/C17H23N3O4S2/c1-26(23,24)12-6-7-19(9-12)15(21)8-11-10-25-17-18-14-5-3-2-4-13(14)16(22)20(11)17/h11-12H,2-10H2,1H3. The van der Waals surface area contributed by atoms with E-state index in [1.807, 2.05) is 0 Å². The van der Waals surface area contributed by atoms with Gasteiger partial charge >= 0.3 is 0 Å². The number of hydrogen-bond acceptors (Lipinski definition) is 6. The zero-order valence-electron chi connectivity index (χ0n) is 14.8. The third-order valence-corrected chi connectivity index (χ3v) is 8.33. The van der Waals surface area contributed by atoms with Crippen LogP contribution in [-0.4, -0.2) is 59.1 Å². The first kappa shape index (κ1) is 18.0. The number of sulfone groups is 1. The van der Waals surface area contributed by atoms with Gasteiger partial charge in [0.2, 0.25) is 5.91 Å². The lowest BCUT2D eigenvalue weighted by molar-refractivity contribution is -0.130. The Bertz CT molecular complexity index is 909. The molecule has 2 atom stereocenters. The van der Waals surface area contributed by atoms with Crippen molar-refractivity contribution in [2.75, 3.05) is 25.1 Å². The van der Waals surface area contributed by atoms with Crippen LogP contribution in [0.25, 0.3) is 0 Å². The van der Waals surface area contributed by atoms with Crippen LogP contribution in [0.2, 0.25) is 0 Å². The molecule has 1 saturated heterocycles. The molecule has 1 fully saturated rings. The lowest BCUT2D eigenvalue weighted by Gasteiger charge is -2.21. The third-order valence-electron chi connectivity index (χ3n) is 5.64. The zero-order chi connectivity index (χ0) is 18.5. The minimum absolute atomic E-state index is 0.0166. The number of aromatic nitrogens is 2. The smallest absolute Gasteiger partial charge is 0.257 e. The van der Waals surface area contributed by atoms with E-state index in [-0.39, 0.29) is 30.5 Å². The summed E-state index contributed by atoms with van der Waals surface area (Å²) in [4.78, 5) is 31.9. The topological polar surface area (TPSA) is 89.3 Å². The van der Waals surface area contributed by atoms with Gasteiger partial charge in [0.05, 0.1) is 17.0 Å². The van der Waals surface area contributed by atoms with Gasteiger partial charge < -0.3 is 4.90 Å². The molecule has 1 aromatic heterocycles. The highest BCUT2D eigenvalue weighted by Gasteiger charge is 2.35. The SMILES string of the molecule is CS(=O)(=O)C1CCN(C(=O)CC2CSc3nc4c(c(=O)n32)CCCC4)C1. The number of amides is 1. The molecule has 7 nitrogen and oxygen atoms in total. The maximum atomic E-state index is 12.9. The van der Waals surface area contributed by atoms with Crippen LogP contribution < -0.4 is 5.56 Å². The Morgan fingerprint density at radius 3 is 2.81 bits per heavy atom. The van der Waals surface area contributed by atoms with Crippen LogP contribution >= 0.6 is 11.8 Å². The first-order valence-corrected chi connectivity index (χ1v) is 12.0. The summed E-state index contributed by atoms with van der Waals surface area (Å²) in [6.45, 7) is 0.738. The summed E-state index contributed by atoms with van der Waals surface area (Å²) in [7, 11) is -3.13. The Kier molecular flexibility index (Phi) is 4.63. The van der Waals surface area contributed by atoms with E-state index in [0.717, 1.165) is 42.1 Å². The van der Waals surface area contributed by atoms with E-state index in [1.54, 1.807) is 9.47 Å². The second-order valence-corrected chi connectivity index (χ2v) is 10.8. The molecule has 1 aliphatic carbocycles. The van der Waals surface area contributed by atoms with Crippen molar-refractivity contribution in [2.24, 2.45) is 0 Å². The Hall–Kier alpha value is -1.35. The van der Waals surface area contributed by atoms with Gasteiger partial charge in [0.1, 0.15) is 0 Å². The van der Waals surface area contributed by atoms with Gasteiger partial charge in [-0.1, -0.05) is 11.8 Å². The molecule has 0 N–H and O–H groups in total. The highest BCUT2D eigenvalue weighted by molar-refractivity contribution is 7.99. The van der Waals surface area contributed by atoms with Crippen molar-refractivity contribution in [3.05, 3.63) is 21.6 Å². The van der Waals surface area contributed by atoms with E-state index >= 15 is 0 Å². The molecular weight excluding hydrogens is 374 g/mol. The number of thioether (sulfide) groups is 1. The van der Waals surface area contributed by atoms with E-state index in [2.05, 4.69) is 4.98 Å². The normalized spacial score (nSPS) is 25.2. The Balaban J connectivity index is 1.52. The van der Waals surface area contributed by atoms with Gasteiger partial charge in [-0.25, -0.2) is 13.4 Å². The lowest BCUT2D eigenvalue weighted by atomic mass is 9.97. The van der Waals surface area contributed by atoms with Crippen LogP contribution in [0.5, 0.6) is 0 Å². The molecule has 0 aromatic carbocycles. The molecule has 0 spiro atoms. The van der Waals surface area contributed by atoms with Crippen molar-refractivity contribution in [1.29, 1.82) is 0 Å². The van der Waals surface area contributed by atoms with Gasteiger partial charge in [0.25, 0.3) is 5.56 Å². The van der Waals surface area contributed by atoms with E-state index in [1.165, 1.54) is 18.0 Å². The molecular formula is C17H23N3O4S2. The molecule has 142 valence electrons. The van der Waals surface area contributed by atoms with E-state index in [0.29, 0.717) is 18.7 Å². The summed E-state index contributed by atoms with van der Waals surface area (Å²) >= 11 is 1.54. The second-order valence-electron chi connectivity index (χ2n) is 7.45. The fourth-order valence-electron chi connectivity index (χ4n) is 4.10. The molecule has 9 heteroatoms. The molecule has 0 bridgehead atoms. The minimum Gasteiger partial charge on any atom is -0.341 e. The summed E-state index contributed by atoms with van der Waals surface area (Å²) in [5.74, 6) is 0.597. The number of nitrogens with zero attached hydrogens (tertiary/aromatic N) is 3. The van der Waals surface area contributed by atoms with E-state index in [4.69, 9.17) is 0 Å². The fourth-order valence-corrected chi connectivity index (χ4v) is 6.24. The van der Waals surface area contributed by atoms with Gasteiger partial charge in [-0.15, -0.1) is 0 Å². The third kappa shape index (κ3) is 3.19. The molecule has 2 unspecified atom stereocenters. The maximum Gasteiger partial charge on any atom is 0.257 e. The van der Waals surface area contributed by atoms with Gasteiger partial charge in [-0.2, -0.15) is 0 Å². The molecule has 4 rings (SSSR count). The largest absolute Gasteiger partial charge is 0.341 e. The van der Waals surface area contributed by atoms with Gasteiger partial charge in [-0.3, -0.25) is 14.2 Å². The number of carbonyl (C=O) groups excluding carboxylic acids is 1. The minimum atomic E-state index is -3.13. The van der Waals surface area contributed by atoms with Gasteiger partial charge in [0.15, 0.2) is 15.0 Å². The summed E-state index contributed by atoms with van der Waals surface area (Å²) in [6, 6.07) is -0.188. The molecule has 1 amide bonds. The Morgan fingerprint density at radius 2 is 2.08 bits per heavy atom. The van der Waals surface area contributed by atoms with Crippen molar-refractivity contribution >= 4 is 27.5 Å². The highest BCUT2D eigenvalue weighted by Crippen LogP contribution is 2.34.